The van der Waals surface area contributed by atoms with E-state index in [1.807, 2.05) is 18.4 Å². The Hall–Kier alpha value is -1.79. The van der Waals surface area contributed by atoms with Gasteiger partial charge in [0.15, 0.2) is 5.11 Å². The highest BCUT2D eigenvalue weighted by Crippen LogP contribution is 2.12. The lowest BCUT2D eigenvalue weighted by Crippen LogP contribution is -2.23. The summed E-state index contributed by atoms with van der Waals surface area (Å²) < 4.78 is 12.7. The third kappa shape index (κ3) is 4.11. The number of halogens is 1. The molecule has 0 amide bonds. The van der Waals surface area contributed by atoms with Crippen molar-refractivity contribution in [2.24, 2.45) is 5.10 Å². The maximum Gasteiger partial charge on any atom is 0.191 e. The van der Waals surface area contributed by atoms with Crippen LogP contribution in [0.3, 0.4) is 0 Å². The van der Waals surface area contributed by atoms with Crippen molar-refractivity contribution in [1.29, 1.82) is 0 Å². The van der Waals surface area contributed by atoms with Gasteiger partial charge in [-0.15, -0.1) is 11.3 Å². The number of thiocarbonyl (C=S) groups is 1. The van der Waals surface area contributed by atoms with Crippen molar-refractivity contribution in [3.63, 3.8) is 0 Å². The number of thiophene rings is 1. The van der Waals surface area contributed by atoms with Gasteiger partial charge in [0, 0.05) is 10.6 Å². The maximum absolute atomic E-state index is 12.7. The van der Waals surface area contributed by atoms with Gasteiger partial charge in [0.2, 0.25) is 0 Å². The average molecular weight is 293 g/mol. The maximum atomic E-state index is 12.7. The van der Waals surface area contributed by atoms with E-state index < -0.39 is 0 Å². The van der Waals surface area contributed by atoms with Crippen molar-refractivity contribution >= 4 is 40.6 Å². The largest absolute Gasteiger partial charge is 0.331 e. The van der Waals surface area contributed by atoms with Gasteiger partial charge in [-0.1, -0.05) is 0 Å². The molecule has 6 heteroatoms. The molecule has 0 spiro atoms. The van der Waals surface area contributed by atoms with Gasteiger partial charge in [-0.25, -0.2) is 4.39 Å². The van der Waals surface area contributed by atoms with Gasteiger partial charge >= 0.3 is 0 Å². The highest BCUT2D eigenvalue weighted by molar-refractivity contribution is 7.80. The zero-order valence-electron chi connectivity index (χ0n) is 10.2. The fourth-order valence-electron chi connectivity index (χ4n) is 1.36. The van der Waals surface area contributed by atoms with Crippen LogP contribution in [0.4, 0.5) is 10.1 Å². The normalized spacial score (nSPS) is 10.6. The Morgan fingerprint density at radius 3 is 2.68 bits per heavy atom. The van der Waals surface area contributed by atoms with Crippen molar-refractivity contribution in [3.05, 3.63) is 52.0 Å². The molecule has 0 aliphatic rings. The number of nitrogens with one attached hydrogen (secondary N) is 2. The predicted octanol–water partition coefficient (Wildman–Crippen LogP) is 3.52. The Labute approximate surface area is 120 Å². The van der Waals surface area contributed by atoms with E-state index in [1.54, 1.807) is 29.7 Å². The van der Waals surface area contributed by atoms with Crippen molar-refractivity contribution in [1.82, 2.24) is 5.43 Å². The van der Waals surface area contributed by atoms with Gasteiger partial charge in [0.25, 0.3) is 0 Å². The summed E-state index contributed by atoms with van der Waals surface area (Å²) in [5.74, 6) is -0.282. The second kappa shape index (κ2) is 6.40. The van der Waals surface area contributed by atoms with Crippen LogP contribution < -0.4 is 10.7 Å². The topological polar surface area (TPSA) is 36.4 Å². The Balaban J connectivity index is 1.86. The molecule has 1 heterocycles. The molecular formula is C13H12FN3S2. The van der Waals surface area contributed by atoms with E-state index in [-0.39, 0.29) is 5.82 Å². The number of nitrogens with zero attached hydrogens (tertiary/aromatic N) is 1. The predicted molar refractivity (Wildman–Crippen MR) is 82.4 cm³/mol. The van der Waals surface area contributed by atoms with Gasteiger partial charge in [0.05, 0.1) is 6.21 Å². The SMILES string of the molecule is Cc1ccsc1/C=N\NC(=S)Nc1ccc(F)cc1. The molecule has 0 unspecified atom stereocenters. The smallest absolute Gasteiger partial charge is 0.191 e. The third-order valence-electron chi connectivity index (χ3n) is 2.35. The number of rotatable bonds is 3. The van der Waals surface area contributed by atoms with Crippen LogP contribution in [0.1, 0.15) is 10.4 Å². The summed E-state index contributed by atoms with van der Waals surface area (Å²) in [4.78, 5) is 1.08. The number of hydrogen-bond donors (Lipinski definition) is 2. The van der Waals surface area contributed by atoms with Crippen LogP contribution in [0.15, 0.2) is 40.8 Å². The minimum absolute atomic E-state index is 0.282. The minimum atomic E-state index is -0.282. The first-order valence-electron chi connectivity index (χ1n) is 5.55. The Morgan fingerprint density at radius 2 is 2.05 bits per heavy atom. The molecule has 2 N–H and O–H groups in total. The van der Waals surface area contributed by atoms with Crippen LogP contribution in [0.2, 0.25) is 0 Å². The monoisotopic (exact) mass is 293 g/mol. The fraction of sp³-hybridized carbons (Fsp3) is 0.0769. The number of benzene rings is 1. The molecule has 0 saturated heterocycles. The van der Waals surface area contributed by atoms with Crippen LogP contribution in [0, 0.1) is 12.7 Å². The molecule has 0 aliphatic carbocycles. The van der Waals surface area contributed by atoms with Gasteiger partial charge in [0.1, 0.15) is 5.82 Å². The summed E-state index contributed by atoms with van der Waals surface area (Å²) >= 11 is 6.68. The number of anilines is 1. The average Bonchev–Trinajstić information content (AvgIpc) is 2.78. The zero-order chi connectivity index (χ0) is 13.7. The second-order valence-corrected chi connectivity index (χ2v) is 5.15. The number of hydrogen-bond acceptors (Lipinski definition) is 3. The van der Waals surface area contributed by atoms with Gasteiger partial charge in [-0.05, 0) is 60.4 Å². The van der Waals surface area contributed by atoms with E-state index in [0.29, 0.717) is 10.8 Å². The highest BCUT2D eigenvalue weighted by atomic mass is 32.1. The van der Waals surface area contributed by atoms with Crippen LogP contribution in [-0.4, -0.2) is 11.3 Å². The standard InChI is InChI=1S/C13H12FN3S2/c1-9-6-7-19-12(9)8-15-17-13(18)16-11-4-2-10(14)3-5-11/h2-8H,1H3,(H2,16,17,18)/b15-8-. The van der Waals surface area contributed by atoms with E-state index in [0.717, 1.165) is 4.88 Å². The zero-order valence-corrected chi connectivity index (χ0v) is 11.8. The van der Waals surface area contributed by atoms with Crippen LogP contribution >= 0.6 is 23.6 Å². The van der Waals surface area contributed by atoms with Crippen LogP contribution in [0.25, 0.3) is 0 Å². The van der Waals surface area contributed by atoms with Gasteiger partial charge < -0.3 is 5.32 Å². The van der Waals surface area contributed by atoms with Crippen molar-refractivity contribution < 1.29 is 4.39 Å². The minimum Gasteiger partial charge on any atom is -0.331 e. The van der Waals surface area contributed by atoms with E-state index >= 15 is 0 Å². The summed E-state index contributed by atoms with van der Waals surface area (Å²) in [5.41, 5.74) is 4.60. The lowest BCUT2D eigenvalue weighted by Gasteiger charge is -2.06. The third-order valence-corrected chi connectivity index (χ3v) is 3.50. The van der Waals surface area contributed by atoms with E-state index in [1.165, 1.54) is 17.7 Å². The van der Waals surface area contributed by atoms with Crippen molar-refractivity contribution in [3.8, 4) is 0 Å². The molecule has 0 bridgehead atoms. The first-order chi connectivity index (χ1) is 9.15. The van der Waals surface area contributed by atoms with E-state index in [2.05, 4.69) is 15.8 Å². The lowest BCUT2D eigenvalue weighted by molar-refractivity contribution is 0.628. The molecule has 1 aromatic heterocycles. The quantitative estimate of drug-likeness (QED) is 0.516. The van der Waals surface area contributed by atoms with Crippen molar-refractivity contribution in [2.75, 3.05) is 5.32 Å². The Kier molecular flexibility index (Phi) is 4.59. The summed E-state index contributed by atoms with van der Waals surface area (Å²) in [5, 5.41) is 9.32. The van der Waals surface area contributed by atoms with E-state index in [4.69, 9.17) is 12.2 Å². The second-order valence-electron chi connectivity index (χ2n) is 3.80. The number of aryl methyl sites for hydroxylation is 1. The van der Waals surface area contributed by atoms with Crippen LogP contribution in [0.5, 0.6) is 0 Å². The number of hydrazone groups is 1. The molecule has 98 valence electrons. The molecule has 0 saturated carbocycles. The highest BCUT2D eigenvalue weighted by Gasteiger charge is 1.97. The molecule has 2 rings (SSSR count). The summed E-state index contributed by atoms with van der Waals surface area (Å²) in [6.45, 7) is 2.02. The molecular weight excluding hydrogens is 281 g/mol. The molecule has 0 aliphatic heterocycles. The molecule has 19 heavy (non-hydrogen) atoms. The first kappa shape index (κ1) is 13.6. The molecule has 2 aromatic rings. The van der Waals surface area contributed by atoms with Gasteiger partial charge in [-0.2, -0.15) is 5.10 Å². The summed E-state index contributed by atoms with van der Waals surface area (Å²) in [6, 6.07) is 7.97. The molecule has 1 aromatic carbocycles. The summed E-state index contributed by atoms with van der Waals surface area (Å²) in [7, 11) is 0. The van der Waals surface area contributed by atoms with E-state index in [9.17, 15) is 4.39 Å². The first-order valence-corrected chi connectivity index (χ1v) is 6.83. The van der Waals surface area contributed by atoms with Crippen LogP contribution in [-0.2, 0) is 0 Å². The fourth-order valence-corrected chi connectivity index (χ4v) is 2.32. The molecule has 0 fully saturated rings. The molecule has 0 atom stereocenters. The summed E-state index contributed by atoms with van der Waals surface area (Å²) in [6.07, 6.45) is 1.72. The molecule has 0 radical (unpaired) electrons. The lowest BCUT2D eigenvalue weighted by atomic mass is 10.3. The Bertz CT molecular complexity index is 590. The molecule has 3 nitrogen and oxygen atoms in total. The Morgan fingerprint density at radius 1 is 1.32 bits per heavy atom. The van der Waals surface area contributed by atoms with Crippen molar-refractivity contribution in [2.45, 2.75) is 6.92 Å². The van der Waals surface area contributed by atoms with Gasteiger partial charge in [-0.3, -0.25) is 5.43 Å².